The third-order valence-electron chi connectivity index (χ3n) is 5.21. The predicted octanol–water partition coefficient (Wildman–Crippen LogP) is 5.51. The largest absolute Gasteiger partial charge is 0.459 e. The van der Waals surface area contributed by atoms with Gasteiger partial charge < -0.3 is 9.53 Å². The summed E-state index contributed by atoms with van der Waals surface area (Å²) >= 11 is 0. The Hall–Kier alpha value is -1.73. The van der Waals surface area contributed by atoms with E-state index in [1.165, 1.54) is 51.2 Å². The smallest absolute Gasteiger partial charge is 0.303 e. The lowest BCUT2D eigenvalue weighted by Gasteiger charge is -2.25. The summed E-state index contributed by atoms with van der Waals surface area (Å²) in [6.07, 6.45) is 9.23. The summed E-state index contributed by atoms with van der Waals surface area (Å²) in [4.78, 5) is 22.6. The molecule has 0 radical (unpaired) electrons. The zero-order chi connectivity index (χ0) is 23.1. The lowest BCUT2D eigenvalue weighted by Crippen LogP contribution is -2.35. The van der Waals surface area contributed by atoms with E-state index in [0.717, 1.165) is 31.2 Å². The number of hydrogen-bond acceptors (Lipinski definition) is 6. The number of hydrogen-bond donors (Lipinski definition) is 0. The number of carbonyl (C=O) groups excluding carboxylic acids is 2. The molecule has 1 aromatic rings. The summed E-state index contributed by atoms with van der Waals surface area (Å²) in [5.41, 5.74) is 0.934. The first-order valence-corrected chi connectivity index (χ1v) is 12.8. The molecule has 2 atom stereocenters. The van der Waals surface area contributed by atoms with Crippen LogP contribution in [0, 0.1) is 6.92 Å². The van der Waals surface area contributed by atoms with E-state index >= 15 is 0 Å². The molecule has 0 spiro atoms. The minimum absolute atomic E-state index is 0.0443. The van der Waals surface area contributed by atoms with Gasteiger partial charge in [0.15, 0.2) is 0 Å². The molecule has 0 saturated heterocycles. The van der Waals surface area contributed by atoms with Gasteiger partial charge in [0, 0.05) is 13.3 Å². The summed E-state index contributed by atoms with van der Waals surface area (Å²) in [7, 11) is -4.04. The van der Waals surface area contributed by atoms with Crippen LogP contribution in [-0.2, 0) is 28.6 Å². The summed E-state index contributed by atoms with van der Waals surface area (Å²) in [6.45, 7) is 5.30. The Morgan fingerprint density at radius 1 is 0.935 bits per heavy atom. The van der Waals surface area contributed by atoms with Crippen molar-refractivity contribution >= 4 is 22.4 Å². The summed E-state index contributed by atoms with van der Waals surface area (Å²) in [6, 6.07) is 6.36. The maximum Gasteiger partial charge on any atom is 0.303 e. The van der Waals surface area contributed by atoms with Crippen molar-refractivity contribution in [1.82, 2.24) is 0 Å². The van der Waals surface area contributed by atoms with Crippen LogP contribution in [-0.4, -0.2) is 32.9 Å². The number of carbonyl (C=O) groups is 2. The Balaban J connectivity index is 2.71. The third kappa shape index (κ3) is 11.5. The first-order chi connectivity index (χ1) is 14.8. The van der Waals surface area contributed by atoms with Gasteiger partial charge in [-0.1, -0.05) is 82.4 Å². The van der Waals surface area contributed by atoms with Crippen LogP contribution in [0.25, 0.3) is 0 Å². The molecule has 6 nitrogen and oxygen atoms in total. The maximum absolute atomic E-state index is 12.8. The SMILES string of the molecule is CCCCCCCCCCC[C@H](OS(=O)(=O)c1ccc(C)cc1)[C@H](CC=O)OC(C)=O. The van der Waals surface area contributed by atoms with Crippen molar-refractivity contribution in [1.29, 1.82) is 0 Å². The van der Waals surface area contributed by atoms with Crippen LogP contribution in [0.3, 0.4) is 0 Å². The van der Waals surface area contributed by atoms with Crippen LogP contribution in [0.5, 0.6) is 0 Å². The summed E-state index contributed by atoms with van der Waals surface area (Å²) in [5.74, 6) is -0.569. The number of rotatable bonds is 17. The fourth-order valence-electron chi connectivity index (χ4n) is 3.46. The Kier molecular flexibility index (Phi) is 13.3. The highest BCUT2D eigenvalue weighted by molar-refractivity contribution is 7.86. The monoisotopic (exact) mass is 454 g/mol. The van der Waals surface area contributed by atoms with Gasteiger partial charge in [0.05, 0.1) is 4.90 Å². The van der Waals surface area contributed by atoms with Gasteiger partial charge in [0.2, 0.25) is 0 Å². The van der Waals surface area contributed by atoms with Gasteiger partial charge in [-0.3, -0.25) is 8.98 Å². The normalized spacial score (nSPS) is 13.5. The van der Waals surface area contributed by atoms with Crippen LogP contribution in [0.2, 0.25) is 0 Å². The molecule has 0 bridgehead atoms. The Morgan fingerprint density at radius 3 is 2.00 bits per heavy atom. The van der Waals surface area contributed by atoms with Crippen LogP contribution >= 0.6 is 0 Å². The molecule has 0 aromatic heterocycles. The van der Waals surface area contributed by atoms with Crippen molar-refractivity contribution in [2.75, 3.05) is 0 Å². The van der Waals surface area contributed by atoms with Gasteiger partial charge in [-0.05, 0) is 25.5 Å². The van der Waals surface area contributed by atoms with Crippen molar-refractivity contribution in [2.24, 2.45) is 0 Å². The summed E-state index contributed by atoms with van der Waals surface area (Å²) in [5, 5.41) is 0. The first kappa shape index (κ1) is 27.3. The number of aldehydes is 1. The molecule has 1 rings (SSSR count). The standard InChI is InChI=1S/C24H38O6S/c1-4-5-6-7-8-9-10-11-12-13-24(23(18-19-25)29-21(3)26)30-31(27,28)22-16-14-20(2)15-17-22/h14-17,19,23-24H,4-13,18H2,1-3H3/t23-,24-/m0/s1. The van der Waals surface area contributed by atoms with Crippen molar-refractivity contribution in [3.05, 3.63) is 29.8 Å². The highest BCUT2D eigenvalue weighted by atomic mass is 32.2. The van der Waals surface area contributed by atoms with Crippen LogP contribution < -0.4 is 0 Å². The highest BCUT2D eigenvalue weighted by Gasteiger charge is 2.30. The zero-order valence-electron chi connectivity index (χ0n) is 19.2. The van der Waals surface area contributed by atoms with Gasteiger partial charge in [-0.25, -0.2) is 0 Å². The van der Waals surface area contributed by atoms with Gasteiger partial charge in [0.25, 0.3) is 10.1 Å². The van der Waals surface area contributed by atoms with Gasteiger partial charge in [-0.15, -0.1) is 0 Å². The third-order valence-corrected chi connectivity index (χ3v) is 6.56. The van der Waals surface area contributed by atoms with E-state index in [1.54, 1.807) is 12.1 Å². The average Bonchev–Trinajstić information content (AvgIpc) is 2.71. The molecular formula is C24H38O6S. The second-order valence-electron chi connectivity index (χ2n) is 8.07. The van der Waals surface area contributed by atoms with Gasteiger partial charge >= 0.3 is 5.97 Å². The van der Waals surface area contributed by atoms with Gasteiger partial charge in [0.1, 0.15) is 18.5 Å². The van der Waals surface area contributed by atoms with E-state index in [9.17, 15) is 18.0 Å². The number of benzene rings is 1. The molecule has 0 heterocycles. The number of unbranched alkanes of at least 4 members (excludes halogenated alkanes) is 8. The van der Waals surface area contributed by atoms with Crippen LogP contribution in [0.4, 0.5) is 0 Å². The molecule has 0 N–H and O–H groups in total. The fraction of sp³-hybridized carbons (Fsp3) is 0.667. The van der Waals surface area contributed by atoms with Crippen molar-refractivity contribution in [3.63, 3.8) is 0 Å². The molecule has 0 amide bonds. The average molecular weight is 455 g/mol. The molecule has 0 aliphatic rings. The van der Waals surface area contributed by atoms with E-state index in [1.807, 2.05) is 6.92 Å². The molecule has 0 saturated carbocycles. The van der Waals surface area contributed by atoms with Crippen LogP contribution in [0.1, 0.15) is 90.0 Å². The topological polar surface area (TPSA) is 86.7 Å². The molecule has 1 aromatic carbocycles. The highest BCUT2D eigenvalue weighted by Crippen LogP contribution is 2.23. The summed E-state index contributed by atoms with van der Waals surface area (Å²) < 4.78 is 36.2. The predicted molar refractivity (Wildman–Crippen MR) is 121 cm³/mol. The molecule has 0 unspecified atom stereocenters. The molecular weight excluding hydrogens is 416 g/mol. The van der Waals surface area contributed by atoms with E-state index in [4.69, 9.17) is 8.92 Å². The zero-order valence-corrected chi connectivity index (χ0v) is 20.0. The fourth-order valence-corrected chi connectivity index (χ4v) is 4.59. The quantitative estimate of drug-likeness (QED) is 0.133. The number of ether oxygens (including phenoxy) is 1. The van der Waals surface area contributed by atoms with Crippen molar-refractivity contribution < 1.29 is 26.9 Å². The first-order valence-electron chi connectivity index (χ1n) is 11.4. The molecule has 31 heavy (non-hydrogen) atoms. The second kappa shape index (κ2) is 15.1. The Labute approximate surface area is 187 Å². The number of aryl methyl sites for hydroxylation is 1. The minimum atomic E-state index is -4.04. The second-order valence-corrected chi connectivity index (χ2v) is 9.64. The van der Waals surface area contributed by atoms with E-state index in [0.29, 0.717) is 12.7 Å². The molecule has 0 fully saturated rings. The lowest BCUT2D eigenvalue weighted by atomic mass is 10.0. The molecule has 176 valence electrons. The molecule has 7 heteroatoms. The Bertz CT molecular complexity index is 742. The Morgan fingerprint density at radius 2 is 1.48 bits per heavy atom. The minimum Gasteiger partial charge on any atom is -0.459 e. The lowest BCUT2D eigenvalue weighted by molar-refractivity contribution is -0.152. The van der Waals surface area contributed by atoms with Gasteiger partial charge in [-0.2, -0.15) is 8.42 Å². The van der Waals surface area contributed by atoms with E-state index < -0.39 is 28.3 Å². The number of esters is 1. The van der Waals surface area contributed by atoms with Crippen molar-refractivity contribution in [2.45, 2.75) is 109 Å². The molecule has 0 aliphatic carbocycles. The van der Waals surface area contributed by atoms with E-state index in [2.05, 4.69) is 6.92 Å². The molecule has 0 aliphatic heterocycles. The van der Waals surface area contributed by atoms with E-state index in [-0.39, 0.29) is 11.3 Å². The van der Waals surface area contributed by atoms with Crippen LogP contribution in [0.15, 0.2) is 29.2 Å². The van der Waals surface area contributed by atoms with Crippen molar-refractivity contribution in [3.8, 4) is 0 Å². The maximum atomic E-state index is 12.8.